The molecule has 2 rings (SSSR count). The second-order valence-electron chi connectivity index (χ2n) is 4.61. The van der Waals surface area contributed by atoms with Crippen LogP contribution in [0, 0.1) is 5.92 Å². The van der Waals surface area contributed by atoms with Gasteiger partial charge in [0, 0.05) is 23.8 Å². The van der Waals surface area contributed by atoms with Crippen LogP contribution in [-0.2, 0) is 0 Å². The molecule has 1 aliphatic rings. The zero-order chi connectivity index (χ0) is 13.3. The summed E-state index contributed by atoms with van der Waals surface area (Å²) in [5.74, 6) is -0.339. The minimum Gasteiger partial charge on any atom is -0.478 e. The standard InChI is InChI=1S/C12H15BrN2O3/c1-7-2-3-15(6-10(7)16)11-9(12(17)18)4-8(13)5-14-11/h4-5,7,10,16H,2-3,6H2,1H3,(H,17,18). The number of hydrogen-bond acceptors (Lipinski definition) is 4. The third-order valence-electron chi connectivity index (χ3n) is 3.28. The summed E-state index contributed by atoms with van der Waals surface area (Å²) in [6, 6.07) is 1.54. The molecule has 0 aliphatic carbocycles. The minimum atomic E-state index is -1.01. The maximum atomic E-state index is 11.2. The fraction of sp³-hybridized carbons (Fsp3) is 0.500. The Morgan fingerprint density at radius 1 is 1.61 bits per heavy atom. The normalized spacial score (nSPS) is 24.1. The first-order valence-electron chi connectivity index (χ1n) is 5.81. The lowest BCUT2D eigenvalue weighted by molar-refractivity contribution is 0.0695. The van der Waals surface area contributed by atoms with E-state index in [0.29, 0.717) is 23.4 Å². The summed E-state index contributed by atoms with van der Waals surface area (Å²) < 4.78 is 0.634. The van der Waals surface area contributed by atoms with Crippen molar-refractivity contribution >= 4 is 27.7 Å². The molecule has 2 heterocycles. The van der Waals surface area contributed by atoms with Gasteiger partial charge in [0.15, 0.2) is 0 Å². The van der Waals surface area contributed by atoms with Crippen molar-refractivity contribution in [3.05, 3.63) is 22.3 Å². The van der Waals surface area contributed by atoms with Crippen molar-refractivity contribution in [2.24, 2.45) is 5.92 Å². The van der Waals surface area contributed by atoms with E-state index in [1.54, 1.807) is 6.20 Å². The molecule has 2 atom stereocenters. The summed E-state index contributed by atoms with van der Waals surface area (Å²) in [6.07, 6.45) is 1.97. The molecule has 6 heteroatoms. The fourth-order valence-corrected chi connectivity index (χ4v) is 2.41. The molecule has 1 fully saturated rings. The highest BCUT2D eigenvalue weighted by molar-refractivity contribution is 9.10. The van der Waals surface area contributed by atoms with Gasteiger partial charge in [0.25, 0.3) is 0 Å². The van der Waals surface area contributed by atoms with Gasteiger partial charge < -0.3 is 15.1 Å². The molecule has 0 saturated carbocycles. The van der Waals surface area contributed by atoms with E-state index in [4.69, 9.17) is 0 Å². The zero-order valence-electron chi connectivity index (χ0n) is 10.0. The van der Waals surface area contributed by atoms with Gasteiger partial charge in [-0.05, 0) is 34.3 Å². The van der Waals surface area contributed by atoms with Gasteiger partial charge in [0.05, 0.1) is 6.10 Å². The second-order valence-corrected chi connectivity index (χ2v) is 5.52. The number of aromatic carboxylic acids is 1. The van der Waals surface area contributed by atoms with Crippen LogP contribution in [-0.4, -0.2) is 40.4 Å². The third-order valence-corrected chi connectivity index (χ3v) is 3.72. The highest BCUT2D eigenvalue weighted by atomic mass is 79.9. The Morgan fingerprint density at radius 2 is 2.33 bits per heavy atom. The number of anilines is 1. The van der Waals surface area contributed by atoms with Crippen molar-refractivity contribution in [3.8, 4) is 0 Å². The summed E-state index contributed by atoms with van der Waals surface area (Å²) in [4.78, 5) is 17.2. The van der Waals surface area contributed by atoms with Crippen LogP contribution in [0.4, 0.5) is 5.82 Å². The van der Waals surface area contributed by atoms with Crippen LogP contribution in [0.3, 0.4) is 0 Å². The largest absolute Gasteiger partial charge is 0.478 e. The number of aliphatic hydroxyl groups excluding tert-OH is 1. The van der Waals surface area contributed by atoms with E-state index in [0.717, 1.165) is 6.42 Å². The number of carboxylic acids is 1. The Kier molecular flexibility index (Phi) is 3.87. The number of halogens is 1. The number of β-amino-alcohol motifs (C(OH)–C–C–N with tert-alkyl or cyclic N) is 1. The van der Waals surface area contributed by atoms with Crippen LogP contribution >= 0.6 is 15.9 Å². The monoisotopic (exact) mass is 314 g/mol. The number of aliphatic hydroxyl groups is 1. The first-order chi connectivity index (χ1) is 8.49. The van der Waals surface area contributed by atoms with E-state index in [9.17, 15) is 15.0 Å². The zero-order valence-corrected chi connectivity index (χ0v) is 11.6. The van der Waals surface area contributed by atoms with Crippen molar-refractivity contribution in [2.75, 3.05) is 18.0 Å². The number of nitrogens with zero attached hydrogens (tertiary/aromatic N) is 2. The van der Waals surface area contributed by atoms with E-state index in [1.807, 2.05) is 11.8 Å². The molecule has 0 bridgehead atoms. The van der Waals surface area contributed by atoms with Crippen molar-refractivity contribution in [1.29, 1.82) is 0 Å². The SMILES string of the molecule is CC1CCN(c2ncc(Br)cc2C(=O)O)CC1O. The molecule has 1 aliphatic heterocycles. The van der Waals surface area contributed by atoms with Crippen LogP contribution in [0.25, 0.3) is 0 Å². The highest BCUT2D eigenvalue weighted by Gasteiger charge is 2.27. The van der Waals surface area contributed by atoms with Crippen molar-refractivity contribution in [3.63, 3.8) is 0 Å². The van der Waals surface area contributed by atoms with E-state index in [2.05, 4.69) is 20.9 Å². The van der Waals surface area contributed by atoms with Crippen LogP contribution in [0.5, 0.6) is 0 Å². The molecule has 0 amide bonds. The van der Waals surface area contributed by atoms with E-state index < -0.39 is 12.1 Å². The number of pyridine rings is 1. The quantitative estimate of drug-likeness (QED) is 0.870. The van der Waals surface area contributed by atoms with Gasteiger partial charge in [-0.15, -0.1) is 0 Å². The number of carbonyl (C=O) groups is 1. The minimum absolute atomic E-state index is 0.158. The molecule has 5 nitrogen and oxygen atoms in total. The maximum Gasteiger partial charge on any atom is 0.339 e. The molecule has 0 spiro atoms. The van der Waals surface area contributed by atoms with Crippen molar-refractivity contribution in [2.45, 2.75) is 19.4 Å². The van der Waals surface area contributed by atoms with Gasteiger partial charge in [-0.2, -0.15) is 0 Å². The fourth-order valence-electron chi connectivity index (χ4n) is 2.08. The highest BCUT2D eigenvalue weighted by Crippen LogP contribution is 2.26. The predicted octanol–water partition coefficient (Wildman–Crippen LogP) is 1.75. The predicted molar refractivity (Wildman–Crippen MR) is 70.9 cm³/mol. The van der Waals surface area contributed by atoms with Gasteiger partial charge in [-0.3, -0.25) is 0 Å². The molecule has 1 aromatic heterocycles. The first kappa shape index (κ1) is 13.3. The number of hydrogen-bond donors (Lipinski definition) is 2. The summed E-state index contributed by atoms with van der Waals surface area (Å²) in [5, 5.41) is 19.1. The van der Waals surface area contributed by atoms with Crippen LogP contribution in [0.1, 0.15) is 23.7 Å². The molecular formula is C12H15BrN2O3. The summed E-state index contributed by atoms with van der Waals surface area (Å²) in [6.45, 7) is 3.14. The van der Waals surface area contributed by atoms with Gasteiger partial charge >= 0.3 is 5.97 Å². The van der Waals surface area contributed by atoms with E-state index in [1.165, 1.54) is 6.07 Å². The van der Waals surface area contributed by atoms with Crippen molar-refractivity contribution in [1.82, 2.24) is 4.98 Å². The number of carboxylic acid groups (broad SMARTS) is 1. The molecule has 18 heavy (non-hydrogen) atoms. The topological polar surface area (TPSA) is 73.7 Å². The Morgan fingerprint density at radius 3 is 2.94 bits per heavy atom. The van der Waals surface area contributed by atoms with Crippen LogP contribution < -0.4 is 4.90 Å². The van der Waals surface area contributed by atoms with Gasteiger partial charge in [-0.25, -0.2) is 9.78 Å². The smallest absolute Gasteiger partial charge is 0.339 e. The van der Waals surface area contributed by atoms with Crippen LogP contribution in [0.15, 0.2) is 16.7 Å². The van der Waals surface area contributed by atoms with Crippen molar-refractivity contribution < 1.29 is 15.0 Å². The molecule has 0 radical (unpaired) electrons. The van der Waals surface area contributed by atoms with Gasteiger partial charge in [-0.1, -0.05) is 6.92 Å². The molecule has 2 N–H and O–H groups in total. The van der Waals surface area contributed by atoms with Crippen LogP contribution in [0.2, 0.25) is 0 Å². The Balaban J connectivity index is 2.30. The molecule has 0 aromatic carbocycles. The summed E-state index contributed by atoms with van der Waals surface area (Å²) in [7, 11) is 0. The average Bonchev–Trinajstić information content (AvgIpc) is 2.32. The number of piperidine rings is 1. The lowest BCUT2D eigenvalue weighted by atomic mass is 9.96. The lowest BCUT2D eigenvalue weighted by Gasteiger charge is -2.35. The Bertz CT molecular complexity index is 467. The summed E-state index contributed by atoms with van der Waals surface area (Å²) >= 11 is 3.22. The third kappa shape index (κ3) is 2.64. The maximum absolute atomic E-state index is 11.2. The van der Waals surface area contributed by atoms with E-state index in [-0.39, 0.29) is 11.5 Å². The molecular weight excluding hydrogens is 300 g/mol. The number of rotatable bonds is 2. The first-order valence-corrected chi connectivity index (χ1v) is 6.60. The van der Waals surface area contributed by atoms with Gasteiger partial charge in [0.1, 0.15) is 11.4 Å². The molecule has 2 unspecified atom stereocenters. The molecule has 1 saturated heterocycles. The molecule has 1 aromatic rings. The second kappa shape index (κ2) is 5.24. The molecule has 98 valence electrons. The summed E-state index contributed by atoms with van der Waals surface area (Å²) in [5.41, 5.74) is 0.158. The van der Waals surface area contributed by atoms with Gasteiger partial charge in [0.2, 0.25) is 0 Å². The van der Waals surface area contributed by atoms with E-state index >= 15 is 0 Å². The Hall–Kier alpha value is -1.14. The Labute approximate surface area is 114 Å². The number of aromatic nitrogens is 1. The lowest BCUT2D eigenvalue weighted by Crippen LogP contribution is -2.43. The average molecular weight is 315 g/mol.